The zero-order valence-corrected chi connectivity index (χ0v) is 20.7. The van der Waals surface area contributed by atoms with Gasteiger partial charge in [-0.05, 0) is 79.6 Å². The average molecular weight is 487 g/mol. The molecule has 1 heterocycles. The van der Waals surface area contributed by atoms with Crippen LogP contribution < -0.4 is 10.1 Å². The van der Waals surface area contributed by atoms with Crippen molar-refractivity contribution in [1.82, 2.24) is 10.2 Å². The third-order valence-corrected chi connectivity index (χ3v) is 7.01. The highest BCUT2D eigenvalue weighted by Crippen LogP contribution is 2.41. The van der Waals surface area contributed by atoms with Crippen molar-refractivity contribution < 1.29 is 18.7 Å². The first kappa shape index (κ1) is 24.0. The fourth-order valence-corrected chi connectivity index (χ4v) is 4.77. The van der Waals surface area contributed by atoms with Crippen LogP contribution in [0.5, 0.6) is 5.75 Å². The van der Waals surface area contributed by atoms with Crippen molar-refractivity contribution in [1.29, 1.82) is 0 Å². The summed E-state index contributed by atoms with van der Waals surface area (Å²) in [5, 5.41) is 2.84. The van der Waals surface area contributed by atoms with E-state index in [4.69, 9.17) is 4.74 Å². The monoisotopic (exact) mass is 486 g/mol. The van der Waals surface area contributed by atoms with Crippen LogP contribution in [0.25, 0.3) is 0 Å². The van der Waals surface area contributed by atoms with Gasteiger partial charge in [-0.25, -0.2) is 4.39 Å². The maximum Gasteiger partial charge on any atom is 0.261 e. The molecule has 2 amide bonds. The molecular weight excluding hydrogens is 455 g/mol. The van der Waals surface area contributed by atoms with Crippen LogP contribution in [0.15, 0.2) is 66.7 Å². The van der Waals surface area contributed by atoms with Gasteiger partial charge in [-0.3, -0.25) is 9.59 Å². The highest BCUT2D eigenvalue weighted by atomic mass is 19.1. The zero-order chi connectivity index (χ0) is 25.2. The van der Waals surface area contributed by atoms with Crippen LogP contribution in [0, 0.1) is 18.7 Å². The number of ether oxygens (including phenoxy) is 1. The Kier molecular flexibility index (Phi) is 6.77. The lowest BCUT2D eigenvalue weighted by molar-refractivity contribution is -0.134. The van der Waals surface area contributed by atoms with Gasteiger partial charge < -0.3 is 15.0 Å². The number of carbonyl (C=O) groups is 2. The third kappa shape index (κ3) is 5.27. The van der Waals surface area contributed by atoms with Gasteiger partial charge >= 0.3 is 0 Å². The number of fused-ring (bicyclic) bond motifs is 1. The molecule has 3 aromatic rings. The first-order valence-electron chi connectivity index (χ1n) is 12.6. The molecule has 36 heavy (non-hydrogen) atoms. The second kappa shape index (κ2) is 10.1. The van der Waals surface area contributed by atoms with Gasteiger partial charge in [0.25, 0.3) is 5.91 Å². The van der Waals surface area contributed by atoms with Crippen LogP contribution in [0.4, 0.5) is 4.39 Å². The van der Waals surface area contributed by atoms with Gasteiger partial charge in [0.2, 0.25) is 5.91 Å². The minimum Gasteiger partial charge on any atom is -0.481 e. The Balaban J connectivity index is 1.35. The highest BCUT2D eigenvalue weighted by Gasteiger charge is 2.39. The molecule has 2 atom stereocenters. The number of nitrogens with one attached hydrogen (secondary N) is 1. The molecule has 1 saturated carbocycles. The quantitative estimate of drug-likeness (QED) is 0.505. The lowest BCUT2D eigenvalue weighted by Gasteiger charge is -2.38. The summed E-state index contributed by atoms with van der Waals surface area (Å²) in [4.78, 5) is 27.9. The molecule has 2 aliphatic rings. The predicted octanol–water partition coefficient (Wildman–Crippen LogP) is 5.10. The highest BCUT2D eigenvalue weighted by molar-refractivity contribution is 5.82. The number of rotatable bonds is 7. The SMILES string of the molecule is Cc1ccc([C@@H]2c3cc(O[C@@H](C)C(=O)NCc4ccc(F)cc4)ccc3CCN2C(=O)C2CC2)cc1. The Morgan fingerprint density at radius 3 is 2.47 bits per heavy atom. The number of aryl methyl sites for hydroxylation is 1. The number of benzene rings is 3. The topological polar surface area (TPSA) is 58.6 Å². The van der Waals surface area contributed by atoms with Gasteiger partial charge in [-0.1, -0.05) is 48.0 Å². The largest absolute Gasteiger partial charge is 0.481 e. The number of hydrogen-bond acceptors (Lipinski definition) is 3. The summed E-state index contributed by atoms with van der Waals surface area (Å²) < 4.78 is 19.1. The molecule has 0 unspecified atom stereocenters. The number of amides is 2. The van der Waals surface area contributed by atoms with Gasteiger partial charge in [-0.2, -0.15) is 0 Å². The summed E-state index contributed by atoms with van der Waals surface area (Å²) in [7, 11) is 0. The first-order chi connectivity index (χ1) is 17.4. The summed E-state index contributed by atoms with van der Waals surface area (Å²) in [6, 6.07) is 20.1. The molecule has 0 spiro atoms. The fourth-order valence-electron chi connectivity index (χ4n) is 4.77. The van der Waals surface area contributed by atoms with E-state index in [1.54, 1.807) is 19.1 Å². The van der Waals surface area contributed by atoms with Crippen LogP contribution in [0.3, 0.4) is 0 Å². The Morgan fingerprint density at radius 2 is 1.78 bits per heavy atom. The molecular formula is C30H31FN2O3. The molecule has 3 aromatic carbocycles. The van der Waals surface area contributed by atoms with Crippen molar-refractivity contribution in [2.45, 2.75) is 51.8 Å². The molecule has 1 fully saturated rings. The van der Waals surface area contributed by atoms with E-state index in [9.17, 15) is 14.0 Å². The zero-order valence-electron chi connectivity index (χ0n) is 20.7. The number of hydrogen-bond donors (Lipinski definition) is 1. The molecule has 0 aromatic heterocycles. The van der Waals surface area contributed by atoms with Crippen LogP contribution in [0.1, 0.15) is 53.6 Å². The van der Waals surface area contributed by atoms with E-state index in [0.717, 1.165) is 36.0 Å². The van der Waals surface area contributed by atoms with E-state index in [-0.39, 0.29) is 29.6 Å². The maximum absolute atomic E-state index is 13.2. The summed E-state index contributed by atoms with van der Waals surface area (Å²) in [5.41, 5.74) is 5.31. The van der Waals surface area contributed by atoms with Gasteiger partial charge in [-0.15, -0.1) is 0 Å². The second-order valence-corrected chi connectivity index (χ2v) is 9.83. The molecule has 6 heteroatoms. The summed E-state index contributed by atoms with van der Waals surface area (Å²) in [6.45, 7) is 4.76. The van der Waals surface area contributed by atoms with Crippen molar-refractivity contribution >= 4 is 11.8 Å². The van der Waals surface area contributed by atoms with Gasteiger partial charge in [0, 0.05) is 19.0 Å². The van der Waals surface area contributed by atoms with E-state index < -0.39 is 6.10 Å². The third-order valence-electron chi connectivity index (χ3n) is 7.01. The maximum atomic E-state index is 13.2. The van der Waals surface area contributed by atoms with Crippen LogP contribution in [-0.4, -0.2) is 29.4 Å². The van der Waals surface area contributed by atoms with Gasteiger partial charge in [0.15, 0.2) is 6.10 Å². The van der Waals surface area contributed by atoms with Crippen molar-refractivity contribution in [2.75, 3.05) is 6.54 Å². The molecule has 5 rings (SSSR count). The number of halogens is 1. The Bertz CT molecular complexity index is 1250. The molecule has 5 nitrogen and oxygen atoms in total. The first-order valence-corrected chi connectivity index (χ1v) is 12.6. The summed E-state index contributed by atoms with van der Waals surface area (Å²) in [5.74, 6) is 0.402. The number of nitrogens with zero attached hydrogens (tertiary/aromatic N) is 1. The molecule has 1 aliphatic carbocycles. The Morgan fingerprint density at radius 1 is 1.06 bits per heavy atom. The van der Waals surface area contributed by atoms with Crippen molar-refractivity contribution in [3.63, 3.8) is 0 Å². The molecule has 0 bridgehead atoms. The van der Waals surface area contributed by atoms with E-state index in [1.165, 1.54) is 23.3 Å². The molecule has 1 N–H and O–H groups in total. The van der Waals surface area contributed by atoms with E-state index in [1.807, 2.05) is 23.1 Å². The normalized spacial score (nSPS) is 17.8. The smallest absolute Gasteiger partial charge is 0.261 e. The standard InChI is InChI=1S/C30H31FN2O3/c1-19-3-7-23(8-4-19)28-27-17-26(14-11-22(27)15-16-33(28)30(35)24-9-10-24)36-20(2)29(34)32-18-21-5-12-25(31)13-6-21/h3-8,11-14,17,20,24,28H,9-10,15-16,18H2,1-2H3,(H,32,34)/t20-,28+/m0/s1. The van der Waals surface area contributed by atoms with Crippen molar-refractivity contribution in [3.05, 3.63) is 100 Å². The summed E-state index contributed by atoms with van der Waals surface area (Å²) >= 11 is 0. The Hall–Kier alpha value is -3.67. The average Bonchev–Trinajstić information content (AvgIpc) is 3.73. The fraction of sp³-hybridized carbons (Fsp3) is 0.333. The molecule has 0 radical (unpaired) electrons. The van der Waals surface area contributed by atoms with Crippen LogP contribution in [-0.2, 0) is 22.6 Å². The Labute approximate surface area is 211 Å². The minimum absolute atomic E-state index is 0.142. The van der Waals surface area contributed by atoms with Crippen molar-refractivity contribution in [3.8, 4) is 5.75 Å². The summed E-state index contributed by atoms with van der Waals surface area (Å²) in [6.07, 6.45) is 2.02. The van der Waals surface area contributed by atoms with Crippen LogP contribution >= 0.6 is 0 Å². The predicted molar refractivity (Wildman–Crippen MR) is 136 cm³/mol. The lowest BCUT2D eigenvalue weighted by atomic mass is 9.87. The van der Waals surface area contributed by atoms with Crippen LogP contribution in [0.2, 0.25) is 0 Å². The van der Waals surface area contributed by atoms with E-state index in [0.29, 0.717) is 18.8 Å². The van der Waals surface area contributed by atoms with Gasteiger partial charge in [0.1, 0.15) is 11.6 Å². The minimum atomic E-state index is -0.714. The van der Waals surface area contributed by atoms with E-state index >= 15 is 0 Å². The van der Waals surface area contributed by atoms with E-state index in [2.05, 4.69) is 36.5 Å². The second-order valence-electron chi connectivity index (χ2n) is 9.83. The molecule has 0 saturated heterocycles. The lowest BCUT2D eigenvalue weighted by Crippen LogP contribution is -2.41. The molecule has 1 aliphatic heterocycles. The number of carbonyl (C=O) groups excluding carboxylic acids is 2. The molecule has 186 valence electrons. The van der Waals surface area contributed by atoms with Gasteiger partial charge in [0.05, 0.1) is 6.04 Å². The van der Waals surface area contributed by atoms with Crippen molar-refractivity contribution in [2.24, 2.45) is 5.92 Å².